The largest absolute Gasteiger partial charge is 0.478 e. The quantitative estimate of drug-likeness (QED) is 0.688. The Hall–Kier alpha value is -2.93. The highest BCUT2D eigenvalue weighted by Crippen LogP contribution is 2.34. The molecule has 1 unspecified atom stereocenters. The molecule has 1 atom stereocenters. The van der Waals surface area contributed by atoms with E-state index in [1.165, 1.54) is 7.11 Å². The number of allylic oxidation sites excluding steroid dienone is 1. The second kappa shape index (κ2) is 7.75. The molecule has 7 nitrogen and oxygen atoms in total. The minimum atomic E-state index is -0.892. The summed E-state index contributed by atoms with van der Waals surface area (Å²) in [6.07, 6.45) is 5.22. The van der Waals surface area contributed by atoms with Crippen molar-refractivity contribution in [3.05, 3.63) is 58.1 Å². The van der Waals surface area contributed by atoms with Crippen LogP contribution in [-0.4, -0.2) is 36.4 Å². The van der Waals surface area contributed by atoms with Crippen LogP contribution >= 0.6 is 0 Å². The van der Waals surface area contributed by atoms with Gasteiger partial charge in [-0.3, -0.25) is 0 Å². The fourth-order valence-electron chi connectivity index (χ4n) is 3.55. The van der Waals surface area contributed by atoms with Gasteiger partial charge >= 0.3 is 11.9 Å². The van der Waals surface area contributed by atoms with E-state index >= 15 is 0 Å². The molecule has 0 aromatic heterocycles. The number of carbonyl (C=O) groups is 2. The van der Waals surface area contributed by atoms with Crippen molar-refractivity contribution in [2.45, 2.75) is 32.7 Å². The molecular formula is C20H23N3O4. The highest BCUT2D eigenvalue weighted by molar-refractivity contribution is 6.41. The number of aliphatic imine (C=N–C) groups is 1. The Morgan fingerprint density at radius 2 is 2.22 bits per heavy atom. The standard InChI is InChI=1S/C20H23N3O4/c1-4-18-22-12(9-17(23-18)20(26)27-3)10-21-16-8-7-13-11(2)14(19(24)25)5-6-15(13)16/h4-6,9,16,21-22H,7-8,10H2,1-3H3,(H,24,25)/b18-4+. The predicted molar refractivity (Wildman–Crippen MR) is 102 cm³/mol. The van der Waals surface area contributed by atoms with Crippen molar-refractivity contribution in [2.75, 3.05) is 13.7 Å². The zero-order valence-electron chi connectivity index (χ0n) is 15.6. The normalized spacial score (nSPS) is 19.8. The summed E-state index contributed by atoms with van der Waals surface area (Å²) in [6.45, 7) is 4.23. The van der Waals surface area contributed by atoms with E-state index in [0.29, 0.717) is 17.9 Å². The van der Waals surface area contributed by atoms with Crippen LogP contribution in [0.15, 0.2) is 40.8 Å². The third-order valence-corrected chi connectivity index (χ3v) is 4.97. The molecule has 3 rings (SSSR count). The monoisotopic (exact) mass is 369 g/mol. The highest BCUT2D eigenvalue weighted by Gasteiger charge is 2.26. The van der Waals surface area contributed by atoms with Crippen LogP contribution in [-0.2, 0) is 16.0 Å². The van der Waals surface area contributed by atoms with Crippen LogP contribution in [0.5, 0.6) is 0 Å². The second-order valence-corrected chi connectivity index (χ2v) is 6.54. The van der Waals surface area contributed by atoms with Gasteiger partial charge in [-0.1, -0.05) is 6.07 Å². The van der Waals surface area contributed by atoms with Gasteiger partial charge in [0.2, 0.25) is 0 Å². The molecule has 0 fully saturated rings. The molecule has 1 aliphatic heterocycles. The van der Waals surface area contributed by atoms with Gasteiger partial charge in [-0.05, 0) is 61.6 Å². The topological polar surface area (TPSA) is 100 Å². The molecule has 0 radical (unpaired) electrons. The first-order valence-corrected chi connectivity index (χ1v) is 8.84. The number of carboxylic acid groups (broad SMARTS) is 1. The van der Waals surface area contributed by atoms with Crippen LogP contribution in [0.25, 0.3) is 0 Å². The van der Waals surface area contributed by atoms with Crippen LogP contribution in [0, 0.1) is 6.92 Å². The summed E-state index contributed by atoms with van der Waals surface area (Å²) < 4.78 is 4.76. The maximum Gasteiger partial charge on any atom is 0.356 e. The molecule has 2 aliphatic rings. The van der Waals surface area contributed by atoms with Crippen molar-refractivity contribution in [3.8, 4) is 0 Å². The Morgan fingerprint density at radius 1 is 1.44 bits per heavy atom. The first-order chi connectivity index (χ1) is 12.9. The Morgan fingerprint density at radius 3 is 2.89 bits per heavy atom. The van der Waals surface area contributed by atoms with Crippen LogP contribution in [0.1, 0.15) is 46.4 Å². The summed E-state index contributed by atoms with van der Waals surface area (Å²) >= 11 is 0. The summed E-state index contributed by atoms with van der Waals surface area (Å²) in [5, 5.41) is 16.0. The van der Waals surface area contributed by atoms with Crippen molar-refractivity contribution < 1.29 is 19.4 Å². The number of carbonyl (C=O) groups excluding carboxylic acids is 1. The molecule has 1 heterocycles. The summed E-state index contributed by atoms with van der Waals surface area (Å²) in [6, 6.07) is 3.71. The number of methoxy groups -OCH3 is 1. The van der Waals surface area contributed by atoms with E-state index in [9.17, 15) is 14.7 Å². The molecule has 0 saturated heterocycles. The number of hydrogen-bond acceptors (Lipinski definition) is 6. The van der Waals surface area contributed by atoms with E-state index in [2.05, 4.69) is 15.6 Å². The maximum atomic E-state index is 11.8. The van der Waals surface area contributed by atoms with Crippen LogP contribution in [0.4, 0.5) is 0 Å². The van der Waals surface area contributed by atoms with Crippen LogP contribution < -0.4 is 10.6 Å². The number of esters is 1. The molecule has 0 amide bonds. The minimum absolute atomic E-state index is 0.138. The maximum absolute atomic E-state index is 11.8. The Bertz CT molecular complexity index is 883. The number of rotatable bonds is 5. The highest BCUT2D eigenvalue weighted by atomic mass is 16.5. The molecule has 0 spiro atoms. The molecule has 1 aromatic carbocycles. The van der Waals surface area contributed by atoms with Gasteiger partial charge in [0.1, 0.15) is 5.82 Å². The molecule has 7 heteroatoms. The van der Waals surface area contributed by atoms with E-state index in [4.69, 9.17) is 4.74 Å². The van der Waals surface area contributed by atoms with Crippen molar-refractivity contribution in [2.24, 2.45) is 4.99 Å². The second-order valence-electron chi connectivity index (χ2n) is 6.54. The first kappa shape index (κ1) is 18.8. The van der Waals surface area contributed by atoms with E-state index in [0.717, 1.165) is 35.2 Å². The van der Waals surface area contributed by atoms with Gasteiger partial charge in [0.25, 0.3) is 0 Å². The lowest BCUT2D eigenvalue weighted by Gasteiger charge is -2.20. The van der Waals surface area contributed by atoms with E-state index in [-0.39, 0.29) is 11.8 Å². The summed E-state index contributed by atoms with van der Waals surface area (Å²) in [4.78, 5) is 27.3. The van der Waals surface area contributed by atoms with Gasteiger partial charge < -0.3 is 20.5 Å². The molecular weight excluding hydrogens is 346 g/mol. The fraction of sp³-hybridized carbons (Fsp3) is 0.350. The SMILES string of the molecule is C/C=C1/N=C(C(=O)OC)C=C(CNC2CCc3c2ccc(C(=O)O)c3C)N1. The minimum Gasteiger partial charge on any atom is -0.478 e. The number of carboxylic acids is 1. The van der Waals surface area contributed by atoms with Crippen molar-refractivity contribution in [1.29, 1.82) is 0 Å². The Labute approximate surface area is 157 Å². The molecule has 1 aromatic rings. The first-order valence-electron chi connectivity index (χ1n) is 8.84. The zero-order valence-corrected chi connectivity index (χ0v) is 15.6. The lowest BCUT2D eigenvalue weighted by molar-refractivity contribution is -0.132. The lowest BCUT2D eigenvalue weighted by atomic mass is 9.98. The fourth-order valence-corrected chi connectivity index (χ4v) is 3.55. The molecule has 0 bridgehead atoms. The number of ether oxygens (including phenoxy) is 1. The van der Waals surface area contributed by atoms with Crippen molar-refractivity contribution >= 4 is 17.7 Å². The van der Waals surface area contributed by atoms with Crippen molar-refractivity contribution in [3.63, 3.8) is 0 Å². The van der Waals surface area contributed by atoms with Gasteiger partial charge in [0.15, 0.2) is 5.71 Å². The number of fused-ring (bicyclic) bond motifs is 1. The van der Waals surface area contributed by atoms with Crippen LogP contribution in [0.3, 0.4) is 0 Å². The smallest absolute Gasteiger partial charge is 0.356 e. The zero-order chi connectivity index (χ0) is 19.6. The van der Waals surface area contributed by atoms with Gasteiger partial charge in [-0.25, -0.2) is 14.6 Å². The number of nitrogens with one attached hydrogen (secondary N) is 2. The summed E-state index contributed by atoms with van der Waals surface area (Å²) in [5.74, 6) is -0.767. The van der Waals surface area contributed by atoms with Gasteiger partial charge in [0, 0.05) is 18.3 Å². The molecule has 3 N–H and O–H groups in total. The number of nitrogens with zero attached hydrogens (tertiary/aromatic N) is 1. The molecule has 27 heavy (non-hydrogen) atoms. The molecule has 1 aliphatic carbocycles. The average molecular weight is 369 g/mol. The van der Waals surface area contributed by atoms with Gasteiger partial charge in [-0.15, -0.1) is 0 Å². The Kier molecular flexibility index (Phi) is 5.41. The number of hydrogen-bond donors (Lipinski definition) is 3. The van der Waals surface area contributed by atoms with Gasteiger partial charge in [0.05, 0.1) is 12.7 Å². The van der Waals surface area contributed by atoms with E-state index in [1.807, 2.05) is 19.9 Å². The third kappa shape index (κ3) is 3.78. The van der Waals surface area contributed by atoms with E-state index < -0.39 is 11.9 Å². The van der Waals surface area contributed by atoms with Crippen LogP contribution in [0.2, 0.25) is 0 Å². The number of aromatic carboxylic acids is 1. The summed E-state index contributed by atoms with van der Waals surface area (Å²) in [7, 11) is 1.33. The number of benzene rings is 1. The van der Waals surface area contributed by atoms with Gasteiger partial charge in [-0.2, -0.15) is 0 Å². The third-order valence-electron chi connectivity index (χ3n) is 4.97. The predicted octanol–water partition coefficient (Wildman–Crippen LogP) is 2.23. The van der Waals surface area contributed by atoms with E-state index in [1.54, 1.807) is 18.2 Å². The lowest BCUT2D eigenvalue weighted by Crippen LogP contribution is -2.31. The average Bonchev–Trinajstić information content (AvgIpc) is 3.09. The van der Waals surface area contributed by atoms with Crippen molar-refractivity contribution in [1.82, 2.24) is 10.6 Å². The molecule has 142 valence electrons. The Balaban J connectivity index is 1.75. The molecule has 0 saturated carbocycles. The summed E-state index contributed by atoms with van der Waals surface area (Å²) in [5.41, 5.74) is 4.55.